The van der Waals surface area contributed by atoms with Gasteiger partial charge in [0.05, 0.1) is 0 Å². The van der Waals surface area contributed by atoms with Crippen LogP contribution >= 0.6 is 0 Å². The molecule has 1 atom stereocenters. The first-order valence-corrected chi connectivity index (χ1v) is 11.0. The second-order valence-corrected chi connectivity index (χ2v) is 8.13. The van der Waals surface area contributed by atoms with Crippen molar-refractivity contribution in [2.45, 2.75) is 39.2 Å². The third kappa shape index (κ3) is 5.17. The van der Waals surface area contributed by atoms with Crippen molar-refractivity contribution in [3.8, 4) is 5.75 Å². The maximum absolute atomic E-state index is 12.4. The molecule has 0 radical (unpaired) electrons. The van der Waals surface area contributed by atoms with Gasteiger partial charge in [-0.2, -0.15) is 0 Å². The Bertz CT molecular complexity index is 1110. The average Bonchev–Trinajstić information content (AvgIpc) is 2.78. The van der Waals surface area contributed by atoms with E-state index in [1.165, 1.54) is 26.2 Å². The predicted molar refractivity (Wildman–Crippen MR) is 127 cm³/mol. The number of carbonyl (C=O) groups is 2. The van der Waals surface area contributed by atoms with Crippen LogP contribution in [0.4, 0.5) is 17.2 Å². The number of anilines is 3. The summed E-state index contributed by atoms with van der Waals surface area (Å²) >= 11 is 0. The highest BCUT2D eigenvalue weighted by Crippen LogP contribution is 2.29. The number of para-hydroxylation sites is 1. The minimum atomic E-state index is -0.268. The monoisotopic (exact) mass is 432 g/mol. The van der Waals surface area contributed by atoms with Gasteiger partial charge in [-0.15, -0.1) is 0 Å². The van der Waals surface area contributed by atoms with E-state index in [9.17, 15) is 9.59 Å². The van der Waals surface area contributed by atoms with Gasteiger partial charge >= 0.3 is 0 Å². The summed E-state index contributed by atoms with van der Waals surface area (Å²) in [5, 5.41) is 6.47. The molecule has 2 aromatic carbocycles. The Labute approximate surface area is 187 Å². The molecule has 7 heteroatoms. The molecular weight excluding hydrogens is 404 g/mol. The molecule has 1 aromatic heterocycles. The second-order valence-electron chi connectivity index (χ2n) is 8.13. The Balaban J connectivity index is 1.43. The fourth-order valence-electron chi connectivity index (χ4n) is 4.01. The van der Waals surface area contributed by atoms with E-state index in [0.717, 1.165) is 23.3 Å². The third-order valence-corrected chi connectivity index (χ3v) is 5.61. The minimum Gasteiger partial charge on any atom is -0.481 e. The molecule has 0 saturated carbocycles. The predicted octanol–water partition coefficient (Wildman–Crippen LogP) is 4.59. The first-order valence-electron chi connectivity index (χ1n) is 11.0. The van der Waals surface area contributed by atoms with Crippen molar-refractivity contribution in [2.75, 3.05) is 28.7 Å². The van der Waals surface area contributed by atoms with E-state index in [1.54, 1.807) is 24.3 Å². The molecule has 0 spiro atoms. The molecule has 2 amide bonds. The van der Waals surface area contributed by atoms with Gasteiger partial charge in [0.15, 0.2) is 6.61 Å². The molecule has 2 heterocycles. The van der Waals surface area contributed by atoms with Crippen molar-refractivity contribution in [2.24, 2.45) is 0 Å². The number of carbonyl (C=O) groups excluding carboxylic acids is 2. The van der Waals surface area contributed by atoms with Crippen molar-refractivity contribution in [1.29, 1.82) is 0 Å². The lowest BCUT2D eigenvalue weighted by molar-refractivity contribution is -0.118. The van der Waals surface area contributed by atoms with Gasteiger partial charge in [0.25, 0.3) is 5.91 Å². The zero-order valence-corrected chi connectivity index (χ0v) is 18.4. The Kier molecular flexibility index (Phi) is 6.54. The third-order valence-electron chi connectivity index (χ3n) is 5.61. The number of amides is 2. The average molecular weight is 433 g/mol. The van der Waals surface area contributed by atoms with Crippen LogP contribution in [0.1, 0.15) is 33.1 Å². The molecule has 0 aliphatic carbocycles. The van der Waals surface area contributed by atoms with Crippen molar-refractivity contribution in [3.05, 3.63) is 54.6 Å². The molecule has 166 valence electrons. The Morgan fingerprint density at radius 3 is 2.50 bits per heavy atom. The van der Waals surface area contributed by atoms with Crippen LogP contribution < -0.4 is 20.3 Å². The van der Waals surface area contributed by atoms with Crippen molar-refractivity contribution < 1.29 is 14.3 Å². The number of nitrogens with zero attached hydrogens (tertiary/aromatic N) is 2. The lowest BCUT2D eigenvalue weighted by atomic mass is 10.0. The summed E-state index contributed by atoms with van der Waals surface area (Å²) in [6.45, 7) is 4.57. The van der Waals surface area contributed by atoms with Gasteiger partial charge in [-0.05, 0) is 68.7 Å². The van der Waals surface area contributed by atoms with Crippen molar-refractivity contribution in [1.82, 2.24) is 4.98 Å². The van der Waals surface area contributed by atoms with Crippen LogP contribution in [0.2, 0.25) is 0 Å². The summed E-state index contributed by atoms with van der Waals surface area (Å²) in [4.78, 5) is 30.7. The number of benzene rings is 2. The van der Waals surface area contributed by atoms with E-state index in [1.807, 2.05) is 18.2 Å². The van der Waals surface area contributed by atoms with E-state index in [2.05, 4.69) is 34.6 Å². The van der Waals surface area contributed by atoms with Crippen LogP contribution in [0.3, 0.4) is 0 Å². The van der Waals surface area contributed by atoms with E-state index in [4.69, 9.17) is 9.72 Å². The highest BCUT2D eigenvalue weighted by atomic mass is 16.5. The number of fused-ring (bicyclic) bond motifs is 1. The Hall–Kier alpha value is -3.61. The largest absolute Gasteiger partial charge is 0.481 e. The lowest BCUT2D eigenvalue weighted by Crippen LogP contribution is -2.37. The minimum absolute atomic E-state index is 0.126. The number of piperidine rings is 1. The molecule has 1 unspecified atom stereocenters. The number of hydrogen-bond donors (Lipinski definition) is 2. The lowest BCUT2D eigenvalue weighted by Gasteiger charge is -2.34. The summed E-state index contributed by atoms with van der Waals surface area (Å²) in [6.07, 6.45) is 3.60. The number of rotatable bonds is 6. The summed E-state index contributed by atoms with van der Waals surface area (Å²) in [7, 11) is 0. The first kappa shape index (κ1) is 21.6. The van der Waals surface area contributed by atoms with Gasteiger partial charge in [-0.3, -0.25) is 9.59 Å². The SMILES string of the molecule is CC(=O)Nc1ccc(NC(=O)COc2cccc3ccc(N4CCCCC4C)nc23)cc1. The number of aromatic nitrogens is 1. The van der Waals surface area contributed by atoms with Crippen LogP contribution in [-0.2, 0) is 9.59 Å². The molecule has 1 aliphatic heterocycles. The Morgan fingerprint density at radius 2 is 1.78 bits per heavy atom. The van der Waals surface area contributed by atoms with Crippen molar-refractivity contribution >= 4 is 39.9 Å². The van der Waals surface area contributed by atoms with E-state index < -0.39 is 0 Å². The number of pyridine rings is 1. The highest BCUT2D eigenvalue weighted by Gasteiger charge is 2.20. The number of hydrogen-bond acceptors (Lipinski definition) is 5. The first-order chi connectivity index (χ1) is 15.5. The number of nitrogens with one attached hydrogen (secondary N) is 2. The van der Waals surface area contributed by atoms with Gasteiger partial charge in [-0.25, -0.2) is 4.98 Å². The fraction of sp³-hybridized carbons (Fsp3) is 0.320. The van der Waals surface area contributed by atoms with Gasteiger partial charge in [0.1, 0.15) is 17.1 Å². The molecule has 0 bridgehead atoms. The second kappa shape index (κ2) is 9.68. The molecule has 1 saturated heterocycles. The molecule has 1 aliphatic rings. The molecule has 3 aromatic rings. The van der Waals surface area contributed by atoms with Gasteiger partial charge in [0, 0.05) is 36.3 Å². The fourth-order valence-corrected chi connectivity index (χ4v) is 4.01. The Morgan fingerprint density at radius 1 is 1.03 bits per heavy atom. The molecule has 7 nitrogen and oxygen atoms in total. The quantitative estimate of drug-likeness (QED) is 0.595. The zero-order chi connectivity index (χ0) is 22.5. The van der Waals surface area contributed by atoms with E-state index >= 15 is 0 Å². The van der Waals surface area contributed by atoms with Gasteiger partial charge in [-0.1, -0.05) is 12.1 Å². The van der Waals surface area contributed by atoms with Crippen LogP contribution in [0.25, 0.3) is 10.9 Å². The smallest absolute Gasteiger partial charge is 0.262 e. The van der Waals surface area contributed by atoms with Crippen LogP contribution in [0.15, 0.2) is 54.6 Å². The maximum Gasteiger partial charge on any atom is 0.262 e. The molecule has 32 heavy (non-hydrogen) atoms. The molecule has 4 rings (SSSR count). The maximum atomic E-state index is 12.4. The highest BCUT2D eigenvalue weighted by molar-refractivity contribution is 5.93. The summed E-state index contributed by atoms with van der Waals surface area (Å²) in [5.74, 6) is 1.13. The summed E-state index contributed by atoms with van der Waals surface area (Å²) in [5.41, 5.74) is 2.06. The topological polar surface area (TPSA) is 83.6 Å². The number of ether oxygens (including phenoxy) is 1. The van der Waals surface area contributed by atoms with Crippen LogP contribution in [0.5, 0.6) is 5.75 Å². The van der Waals surface area contributed by atoms with Gasteiger partial charge in [0.2, 0.25) is 5.91 Å². The zero-order valence-electron chi connectivity index (χ0n) is 18.4. The molecule has 2 N–H and O–H groups in total. The summed E-state index contributed by atoms with van der Waals surface area (Å²) < 4.78 is 5.85. The van der Waals surface area contributed by atoms with Crippen LogP contribution in [0, 0.1) is 0 Å². The van der Waals surface area contributed by atoms with E-state index in [0.29, 0.717) is 23.2 Å². The summed E-state index contributed by atoms with van der Waals surface area (Å²) in [6, 6.07) is 17.2. The molecule has 1 fully saturated rings. The van der Waals surface area contributed by atoms with Crippen molar-refractivity contribution in [3.63, 3.8) is 0 Å². The van der Waals surface area contributed by atoms with Crippen LogP contribution in [-0.4, -0.2) is 36.0 Å². The molecular formula is C25H28N4O3. The van der Waals surface area contributed by atoms with E-state index in [-0.39, 0.29) is 18.4 Å². The standard InChI is InChI=1S/C25H28N4O3/c1-17-6-3-4-15-29(17)23-14-9-19-7-5-8-22(25(19)28-23)32-16-24(31)27-21-12-10-20(11-13-21)26-18(2)30/h5,7-14,17H,3-4,6,15-16H2,1-2H3,(H,26,30)(H,27,31). The normalized spacial score (nSPS) is 15.9. The van der Waals surface area contributed by atoms with Gasteiger partial charge < -0.3 is 20.3 Å².